The van der Waals surface area contributed by atoms with E-state index in [1.807, 2.05) is 30.3 Å². The lowest BCUT2D eigenvalue weighted by Crippen LogP contribution is -2.24. The van der Waals surface area contributed by atoms with Crippen LogP contribution < -0.4 is 0 Å². The van der Waals surface area contributed by atoms with Gasteiger partial charge in [0.25, 0.3) is 0 Å². The molecule has 1 aromatic carbocycles. The van der Waals surface area contributed by atoms with E-state index in [9.17, 15) is 9.90 Å². The minimum Gasteiger partial charge on any atom is -0.463 e. The zero-order chi connectivity index (χ0) is 14.8. The molecule has 1 aromatic rings. The number of aliphatic hydroxyl groups excluding tert-OH is 1. The smallest absolute Gasteiger partial charge is 0.310 e. The second kappa shape index (κ2) is 9.25. The van der Waals surface area contributed by atoms with Crippen molar-refractivity contribution in [3.8, 4) is 0 Å². The minimum atomic E-state index is -0.917. The van der Waals surface area contributed by atoms with Crippen molar-refractivity contribution in [1.29, 1.82) is 0 Å². The molecule has 0 saturated carbocycles. The molecule has 0 heterocycles. The molecule has 0 bridgehead atoms. The molecule has 0 saturated heterocycles. The number of ether oxygens (including phenoxy) is 1. The Morgan fingerprint density at radius 3 is 2.60 bits per heavy atom. The maximum Gasteiger partial charge on any atom is 0.310 e. The summed E-state index contributed by atoms with van der Waals surface area (Å²) in [7, 11) is 0. The fourth-order valence-electron chi connectivity index (χ4n) is 1.32. The average Bonchev–Trinajstić information content (AvgIpc) is 2.42. The predicted molar refractivity (Wildman–Crippen MR) is 73.8 cm³/mol. The maximum absolute atomic E-state index is 11.5. The quantitative estimate of drug-likeness (QED) is 0.245. The molecular weight excluding hydrogens is 260 g/mol. The third kappa shape index (κ3) is 7.68. The van der Waals surface area contributed by atoms with Crippen LogP contribution in [0.1, 0.15) is 12.5 Å². The molecule has 110 valence electrons. The fourth-order valence-corrected chi connectivity index (χ4v) is 1.32. The Morgan fingerprint density at radius 2 is 1.95 bits per heavy atom. The van der Waals surface area contributed by atoms with Gasteiger partial charge in [-0.3, -0.25) is 4.79 Å². The van der Waals surface area contributed by atoms with Crippen molar-refractivity contribution in [1.82, 2.24) is 0 Å². The van der Waals surface area contributed by atoms with Crippen LogP contribution in [0.5, 0.6) is 0 Å². The summed E-state index contributed by atoms with van der Waals surface area (Å²) in [6.07, 6.45) is -0.736. The van der Waals surface area contributed by atoms with E-state index in [2.05, 4.69) is 6.58 Å². The van der Waals surface area contributed by atoms with Crippen LogP contribution in [-0.2, 0) is 25.7 Å². The van der Waals surface area contributed by atoms with Crippen LogP contribution in [-0.4, -0.2) is 37.0 Å². The van der Waals surface area contributed by atoms with Gasteiger partial charge in [0.2, 0.25) is 0 Å². The third-order valence-electron chi connectivity index (χ3n) is 2.28. The monoisotopic (exact) mass is 280 g/mol. The number of hydrogen-bond donors (Lipinski definition) is 1. The van der Waals surface area contributed by atoms with Crippen molar-refractivity contribution in [3.05, 3.63) is 48.0 Å². The predicted octanol–water partition coefficient (Wildman–Crippen LogP) is 1.66. The molecule has 0 radical (unpaired) electrons. The van der Waals surface area contributed by atoms with Gasteiger partial charge < -0.3 is 9.84 Å². The first-order chi connectivity index (χ1) is 9.58. The summed E-state index contributed by atoms with van der Waals surface area (Å²) in [6.45, 7) is 5.51. The Balaban J connectivity index is 2.12. The molecule has 1 rings (SSSR count). The molecule has 5 nitrogen and oxygen atoms in total. The lowest BCUT2D eigenvalue weighted by molar-refractivity contribution is -0.300. The molecule has 0 aliphatic heterocycles. The number of carbonyl (C=O) groups is 1. The zero-order valence-electron chi connectivity index (χ0n) is 11.6. The highest BCUT2D eigenvalue weighted by Crippen LogP contribution is 2.01. The summed E-state index contributed by atoms with van der Waals surface area (Å²) in [5, 5.41) is 9.52. The van der Waals surface area contributed by atoms with E-state index in [1.54, 1.807) is 6.92 Å². The van der Waals surface area contributed by atoms with Crippen LogP contribution in [0, 0.1) is 0 Å². The van der Waals surface area contributed by atoms with Gasteiger partial charge in [-0.15, -0.1) is 0 Å². The van der Waals surface area contributed by atoms with Crippen LogP contribution in [0.15, 0.2) is 42.5 Å². The SMILES string of the molecule is C=C(C)COOCC(O)COC(=O)Cc1ccccc1. The molecular formula is C15H20O5. The maximum atomic E-state index is 11.5. The highest BCUT2D eigenvalue weighted by molar-refractivity contribution is 5.72. The highest BCUT2D eigenvalue weighted by atomic mass is 17.2. The number of rotatable bonds is 9. The molecule has 1 unspecified atom stereocenters. The van der Waals surface area contributed by atoms with Gasteiger partial charge in [-0.05, 0) is 12.5 Å². The van der Waals surface area contributed by atoms with Crippen molar-refractivity contribution in [3.63, 3.8) is 0 Å². The van der Waals surface area contributed by atoms with Crippen LogP contribution >= 0.6 is 0 Å². The minimum absolute atomic E-state index is 0.0636. The highest BCUT2D eigenvalue weighted by Gasteiger charge is 2.10. The molecule has 0 amide bonds. The van der Waals surface area contributed by atoms with Crippen molar-refractivity contribution >= 4 is 5.97 Å². The van der Waals surface area contributed by atoms with Gasteiger partial charge in [-0.25, -0.2) is 9.78 Å². The van der Waals surface area contributed by atoms with Gasteiger partial charge in [-0.1, -0.05) is 42.5 Å². The van der Waals surface area contributed by atoms with E-state index < -0.39 is 12.1 Å². The second-order valence-electron chi connectivity index (χ2n) is 4.50. The Bertz CT molecular complexity index is 416. The number of benzene rings is 1. The first-order valence-corrected chi connectivity index (χ1v) is 6.34. The van der Waals surface area contributed by atoms with E-state index in [-0.39, 0.29) is 26.2 Å². The summed E-state index contributed by atoms with van der Waals surface area (Å²) in [4.78, 5) is 21.0. The van der Waals surface area contributed by atoms with Crippen LogP contribution in [0.2, 0.25) is 0 Å². The van der Waals surface area contributed by atoms with Crippen molar-refractivity contribution < 1.29 is 24.4 Å². The summed E-state index contributed by atoms with van der Waals surface area (Å²) >= 11 is 0. The van der Waals surface area contributed by atoms with E-state index >= 15 is 0 Å². The van der Waals surface area contributed by atoms with Crippen molar-refractivity contribution in [2.45, 2.75) is 19.4 Å². The van der Waals surface area contributed by atoms with Crippen molar-refractivity contribution in [2.75, 3.05) is 19.8 Å². The Hall–Kier alpha value is -1.69. The summed E-state index contributed by atoms with van der Waals surface area (Å²) < 4.78 is 4.94. The fraction of sp³-hybridized carbons (Fsp3) is 0.400. The first kappa shape index (κ1) is 16.4. The Labute approximate surface area is 118 Å². The lowest BCUT2D eigenvalue weighted by atomic mass is 10.2. The second-order valence-corrected chi connectivity index (χ2v) is 4.50. The van der Waals surface area contributed by atoms with Crippen LogP contribution in [0.25, 0.3) is 0 Å². The van der Waals surface area contributed by atoms with Crippen LogP contribution in [0.3, 0.4) is 0 Å². The lowest BCUT2D eigenvalue weighted by Gasteiger charge is -2.11. The summed E-state index contributed by atoms with van der Waals surface area (Å²) in [5.74, 6) is -0.391. The zero-order valence-corrected chi connectivity index (χ0v) is 11.6. The molecule has 0 aliphatic rings. The molecule has 0 aromatic heterocycles. The van der Waals surface area contributed by atoms with Crippen molar-refractivity contribution in [2.24, 2.45) is 0 Å². The Kier molecular flexibility index (Phi) is 7.57. The molecule has 1 N–H and O–H groups in total. The number of hydrogen-bond acceptors (Lipinski definition) is 5. The Morgan fingerprint density at radius 1 is 1.25 bits per heavy atom. The standard InChI is InChI=1S/C15H20O5/c1-12(2)9-19-20-11-14(16)10-18-15(17)8-13-6-4-3-5-7-13/h3-7,14,16H,1,8-11H2,2H3. The molecule has 0 spiro atoms. The normalized spacial score (nSPS) is 11.9. The number of aliphatic hydroxyl groups is 1. The van der Waals surface area contributed by atoms with Gasteiger partial charge in [0, 0.05) is 0 Å². The molecule has 0 aliphatic carbocycles. The number of carbonyl (C=O) groups excluding carboxylic acids is 1. The topological polar surface area (TPSA) is 65.0 Å². The van der Waals surface area contributed by atoms with Gasteiger partial charge in [0.15, 0.2) is 0 Å². The first-order valence-electron chi connectivity index (χ1n) is 6.34. The molecule has 20 heavy (non-hydrogen) atoms. The van der Waals surface area contributed by atoms with Gasteiger partial charge >= 0.3 is 5.97 Å². The van der Waals surface area contributed by atoms with E-state index in [1.165, 1.54) is 0 Å². The summed E-state index contributed by atoms with van der Waals surface area (Å²) in [5.41, 5.74) is 1.68. The molecule has 1 atom stereocenters. The third-order valence-corrected chi connectivity index (χ3v) is 2.28. The van der Waals surface area contributed by atoms with E-state index in [4.69, 9.17) is 14.5 Å². The average molecular weight is 280 g/mol. The van der Waals surface area contributed by atoms with E-state index in [0.29, 0.717) is 0 Å². The largest absolute Gasteiger partial charge is 0.463 e. The summed E-state index contributed by atoms with van der Waals surface area (Å²) in [6, 6.07) is 9.26. The van der Waals surface area contributed by atoms with E-state index in [0.717, 1.165) is 11.1 Å². The van der Waals surface area contributed by atoms with Gasteiger partial charge in [0.05, 0.1) is 6.42 Å². The number of esters is 1. The van der Waals surface area contributed by atoms with Gasteiger partial charge in [0.1, 0.15) is 25.9 Å². The van der Waals surface area contributed by atoms with Gasteiger partial charge in [-0.2, -0.15) is 0 Å². The molecule has 5 heteroatoms. The van der Waals surface area contributed by atoms with Crippen LogP contribution in [0.4, 0.5) is 0 Å². The molecule has 0 fully saturated rings.